The van der Waals surface area contributed by atoms with Gasteiger partial charge in [-0.15, -0.1) is 5.10 Å². The van der Waals surface area contributed by atoms with E-state index in [1.54, 1.807) is 16.8 Å². The van der Waals surface area contributed by atoms with Crippen molar-refractivity contribution >= 4 is 40.0 Å². The third kappa shape index (κ3) is 3.21. The summed E-state index contributed by atoms with van der Waals surface area (Å²) < 4.78 is 1.67. The number of aromatic amines is 1. The Balaban J connectivity index is 1.52. The molecule has 3 aromatic heterocycles. The predicted octanol–water partition coefficient (Wildman–Crippen LogP) is 3.64. The van der Waals surface area contributed by atoms with E-state index in [1.165, 1.54) is 17.1 Å². The first kappa shape index (κ1) is 17.4. The molecule has 0 radical (unpaired) electrons. The highest BCUT2D eigenvalue weighted by atomic mass is 32.2. The van der Waals surface area contributed by atoms with Crippen molar-refractivity contribution in [3.05, 3.63) is 66.5 Å². The summed E-state index contributed by atoms with van der Waals surface area (Å²) in [5.74, 6) is -0.108. The highest BCUT2D eigenvalue weighted by Gasteiger charge is 2.16. The fourth-order valence-corrected chi connectivity index (χ4v) is 3.46. The smallest absolute Gasteiger partial charge is 0.278 e. The van der Waals surface area contributed by atoms with Crippen LogP contribution in [0.2, 0.25) is 0 Å². The summed E-state index contributed by atoms with van der Waals surface area (Å²) >= 11 is 1.38. The number of thioether (sulfide) groups is 1. The van der Waals surface area contributed by atoms with E-state index in [2.05, 4.69) is 54.8 Å². The van der Waals surface area contributed by atoms with Gasteiger partial charge in [0.05, 0.1) is 5.69 Å². The van der Waals surface area contributed by atoms with Gasteiger partial charge in [0.2, 0.25) is 11.1 Å². The average Bonchev–Trinajstić information content (AvgIpc) is 3.40. The lowest BCUT2D eigenvalue weighted by molar-refractivity contribution is 0.102. The molecule has 5 rings (SSSR count). The van der Waals surface area contributed by atoms with Crippen LogP contribution in [0.1, 0.15) is 10.5 Å². The molecule has 8 nitrogen and oxygen atoms in total. The molecular weight excluding hydrogens is 386 g/mol. The number of amides is 1. The molecule has 0 atom stereocenters. The van der Waals surface area contributed by atoms with Crippen molar-refractivity contribution < 1.29 is 4.79 Å². The van der Waals surface area contributed by atoms with Crippen LogP contribution in [0.3, 0.4) is 0 Å². The zero-order chi connectivity index (χ0) is 19.8. The van der Waals surface area contributed by atoms with Gasteiger partial charge in [-0.3, -0.25) is 10.1 Å². The van der Waals surface area contributed by atoms with Gasteiger partial charge in [0.25, 0.3) is 5.91 Å². The van der Waals surface area contributed by atoms with Crippen LogP contribution in [0.25, 0.3) is 27.7 Å². The molecule has 0 unspecified atom stereocenters. The van der Waals surface area contributed by atoms with Crippen LogP contribution in [-0.2, 0) is 0 Å². The molecule has 5 aromatic rings. The molecule has 2 N–H and O–H groups in total. The second-order valence-corrected chi connectivity index (χ2v) is 7.09. The number of fused-ring (bicyclic) bond motifs is 2. The molecule has 0 aliphatic carbocycles. The van der Waals surface area contributed by atoms with Crippen molar-refractivity contribution in [3.8, 4) is 11.3 Å². The average molecular weight is 401 g/mol. The molecule has 0 aliphatic rings. The first-order valence-electron chi connectivity index (χ1n) is 8.83. The molecule has 0 spiro atoms. The second-order valence-electron chi connectivity index (χ2n) is 6.32. The Labute approximate surface area is 169 Å². The Morgan fingerprint density at radius 2 is 1.97 bits per heavy atom. The van der Waals surface area contributed by atoms with E-state index >= 15 is 0 Å². The largest absolute Gasteiger partial charge is 0.289 e. The summed E-state index contributed by atoms with van der Waals surface area (Å²) in [7, 11) is 0. The zero-order valence-corrected chi connectivity index (χ0v) is 16.1. The van der Waals surface area contributed by atoms with Crippen LogP contribution in [0.4, 0.5) is 5.95 Å². The summed E-state index contributed by atoms with van der Waals surface area (Å²) in [5.41, 5.74) is 2.67. The van der Waals surface area contributed by atoms with Crippen molar-refractivity contribution in [2.45, 2.75) is 5.16 Å². The van der Waals surface area contributed by atoms with Crippen LogP contribution in [-0.4, -0.2) is 41.9 Å². The number of nitrogens with zero attached hydrogens (tertiary/aromatic N) is 5. The number of anilines is 1. The van der Waals surface area contributed by atoms with Crippen molar-refractivity contribution in [3.63, 3.8) is 0 Å². The number of hydrogen-bond acceptors (Lipinski definition) is 6. The highest BCUT2D eigenvalue weighted by Crippen LogP contribution is 2.25. The normalized spacial score (nSPS) is 11.2. The van der Waals surface area contributed by atoms with Gasteiger partial charge in [-0.05, 0) is 29.2 Å². The van der Waals surface area contributed by atoms with Crippen molar-refractivity contribution in [1.82, 2.24) is 29.8 Å². The molecule has 0 saturated carbocycles. The molecule has 0 saturated heterocycles. The van der Waals surface area contributed by atoms with E-state index in [9.17, 15) is 4.79 Å². The molecule has 0 fully saturated rings. The number of nitrogens with one attached hydrogen (secondary N) is 2. The molecular formula is C20H15N7OS. The number of aromatic nitrogens is 6. The summed E-state index contributed by atoms with van der Waals surface area (Å²) in [6.07, 6.45) is 3.57. The number of H-pyrrole nitrogens is 1. The molecule has 29 heavy (non-hydrogen) atoms. The lowest BCUT2D eigenvalue weighted by Gasteiger charge is -2.06. The fourth-order valence-electron chi connectivity index (χ4n) is 3.14. The number of rotatable bonds is 4. The van der Waals surface area contributed by atoms with Gasteiger partial charge in [0.1, 0.15) is 0 Å². The first-order valence-corrected chi connectivity index (χ1v) is 10.1. The lowest BCUT2D eigenvalue weighted by atomic mass is 10.1. The Morgan fingerprint density at radius 1 is 1.10 bits per heavy atom. The van der Waals surface area contributed by atoms with E-state index in [0.717, 1.165) is 16.6 Å². The van der Waals surface area contributed by atoms with Crippen LogP contribution >= 0.6 is 11.8 Å². The second kappa shape index (κ2) is 7.02. The van der Waals surface area contributed by atoms with Gasteiger partial charge >= 0.3 is 0 Å². The standard InChI is InChI=1S/C20H15N7OS/c1-29-20-23-19(24-25-20)22-18(28)15-11-17-21-9-8-16(27(17)26-15)14-7-6-12-4-2-3-5-13(12)10-14/h2-11H,1H3,(H2,22,23,24,25,28). The summed E-state index contributed by atoms with van der Waals surface area (Å²) in [6.45, 7) is 0. The van der Waals surface area contributed by atoms with Gasteiger partial charge in [0, 0.05) is 17.8 Å². The topological polar surface area (TPSA) is 101 Å². The maximum atomic E-state index is 12.6. The van der Waals surface area contributed by atoms with Crippen molar-refractivity contribution in [1.29, 1.82) is 0 Å². The molecule has 9 heteroatoms. The fraction of sp³-hybridized carbons (Fsp3) is 0.0500. The molecule has 3 heterocycles. The van der Waals surface area contributed by atoms with Gasteiger partial charge in [0.15, 0.2) is 11.3 Å². The highest BCUT2D eigenvalue weighted by molar-refractivity contribution is 7.98. The minimum atomic E-state index is -0.385. The first-order chi connectivity index (χ1) is 14.2. The summed E-state index contributed by atoms with van der Waals surface area (Å²) in [6, 6.07) is 17.9. The molecule has 2 aromatic carbocycles. The third-order valence-electron chi connectivity index (χ3n) is 4.52. The number of carbonyl (C=O) groups is 1. The zero-order valence-electron chi connectivity index (χ0n) is 15.3. The predicted molar refractivity (Wildman–Crippen MR) is 112 cm³/mol. The summed E-state index contributed by atoms with van der Waals surface area (Å²) in [4.78, 5) is 21.1. The van der Waals surface area contributed by atoms with E-state index in [0.29, 0.717) is 10.8 Å². The monoisotopic (exact) mass is 401 g/mol. The van der Waals surface area contributed by atoms with Gasteiger partial charge < -0.3 is 0 Å². The van der Waals surface area contributed by atoms with Crippen molar-refractivity contribution in [2.75, 3.05) is 11.6 Å². The third-order valence-corrected chi connectivity index (χ3v) is 5.06. The van der Waals surface area contributed by atoms with Crippen LogP contribution in [0.15, 0.2) is 66.0 Å². The Hall–Kier alpha value is -3.72. The maximum absolute atomic E-state index is 12.6. The van der Waals surface area contributed by atoms with Gasteiger partial charge in [-0.25, -0.2) is 14.6 Å². The van der Waals surface area contributed by atoms with Gasteiger partial charge in [-0.1, -0.05) is 48.2 Å². The van der Waals surface area contributed by atoms with E-state index in [-0.39, 0.29) is 17.5 Å². The van der Waals surface area contributed by atoms with Crippen LogP contribution in [0.5, 0.6) is 0 Å². The lowest BCUT2D eigenvalue weighted by Crippen LogP contribution is -2.13. The number of benzene rings is 2. The number of hydrogen-bond donors (Lipinski definition) is 2. The van der Waals surface area contributed by atoms with Crippen molar-refractivity contribution in [2.24, 2.45) is 0 Å². The van der Waals surface area contributed by atoms with E-state index in [1.807, 2.05) is 30.5 Å². The molecule has 142 valence electrons. The SMILES string of the molecule is CSc1n[nH]c(NC(=O)c2cc3nccc(-c4ccc5ccccc5c4)n3n2)n1. The maximum Gasteiger partial charge on any atom is 0.278 e. The Kier molecular flexibility index (Phi) is 4.21. The van der Waals surface area contributed by atoms with E-state index < -0.39 is 0 Å². The molecule has 0 bridgehead atoms. The minimum Gasteiger partial charge on any atom is -0.289 e. The van der Waals surface area contributed by atoms with Crippen LogP contribution < -0.4 is 5.32 Å². The minimum absolute atomic E-state index is 0.243. The molecule has 1 amide bonds. The van der Waals surface area contributed by atoms with Crippen LogP contribution in [0, 0.1) is 0 Å². The Morgan fingerprint density at radius 3 is 2.79 bits per heavy atom. The quantitative estimate of drug-likeness (QED) is 0.446. The summed E-state index contributed by atoms with van der Waals surface area (Å²) in [5, 5.41) is 16.6. The Bertz CT molecular complexity index is 1360. The number of carbonyl (C=O) groups excluding carboxylic acids is 1. The van der Waals surface area contributed by atoms with E-state index in [4.69, 9.17) is 0 Å². The van der Waals surface area contributed by atoms with Gasteiger partial charge in [-0.2, -0.15) is 10.1 Å². The molecule has 0 aliphatic heterocycles.